The number of thiophene rings is 1. The van der Waals surface area contributed by atoms with Crippen LogP contribution >= 0.6 is 11.3 Å². The molecule has 3 heterocycles. The third-order valence-electron chi connectivity index (χ3n) is 3.50. The van der Waals surface area contributed by atoms with Crippen LogP contribution in [0.15, 0.2) is 36.1 Å². The summed E-state index contributed by atoms with van der Waals surface area (Å²) in [6, 6.07) is 4.35. The third kappa shape index (κ3) is 3.30. The highest BCUT2D eigenvalue weighted by atomic mass is 32.1. The van der Waals surface area contributed by atoms with Crippen LogP contribution in [-0.2, 0) is 6.42 Å². The minimum absolute atomic E-state index is 1.00. The summed E-state index contributed by atoms with van der Waals surface area (Å²) >= 11 is 1.85. The molecule has 5 heteroatoms. The van der Waals surface area contributed by atoms with Gasteiger partial charge in [-0.1, -0.05) is 6.07 Å². The van der Waals surface area contributed by atoms with Gasteiger partial charge in [0.05, 0.1) is 6.20 Å². The molecule has 0 N–H and O–H groups in total. The number of nitrogens with zero attached hydrogens (tertiary/aromatic N) is 4. The Balaban J connectivity index is 1.47. The fourth-order valence-electron chi connectivity index (χ4n) is 2.38. The van der Waals surface area contributed by atoms with E-state index in [9.17, 15) is 0 Å². The molecule has 0 aromatic carbocycles. The van der Waals surface area contributed by atoms with Crippen LogP contribution in [0.2, 0.25) is 0 Å². The van der Waals surface area contributed by atoms with Crippen molar-refractivity contribution in [1.29, 1.82) is 0 Å². The summed E-state index contributed by atoms with van der Waals surface area (Å²) in [5, 5.41) is 2.15. The summed E-state index contributed by atoms with van der Waals surface area (Å²) < 4.78 is 0. The molecule has 19 heavy (non-hydrogen) atoms. The quantitative estimate of drug-likeness (QED) is 0.852. The average Bonchev–Trinajstić information content (AvgIpc) is 3.00. The van der Waals surface area contributed by atoms with Crippen LogP contribution in [0.3, 0.4) is 0 Å². The van der Waals surface area contributed by atoms with E-state index in [0.29, 0.717) is 0 Å². The lowest BCUT2D eigenvalue weighted by molar-refractivity contribution is 0.261. The van der Waals surface area contributed by atoms with Crippen molar-refractivity contribution < 1.29 is 0 Å². The van der Waals surface area contributed by atoms with Gasteiger partial charge in [0.25, 0.3) is 0 Å². The Hall–Kier alpha value is -1.46. The van der Waals surface area contributed by atoms with Crippen LogP contribution in [0, 0.1) is 0 Å². The van der Waals surface area contributed by atoms with E-state index in [1.54, 1.807) is 12.4 Å². The fraction of sp³-hybridized carbons (Fsp3) is 0.429. The molecule has 1 saturated heterocycles. The molecule has 3 rings (SSSR count). The molecule has 2 aromatic rings. The molecule has 0 bridgehead atoms. The molecule has 0 aliphatic carbocycles. The summed E-state index contributed by atoms with van der Waals surface area (Å²) in [5.41, 5.74) is 0. The topological polar surface area (TPSA) is 32.3 Å². The molecule has 1 fully saturated rings. The fourth-order valence-corrected chi connectivity index (χ4v) is 3.08. The van der Waals surface area contributed by atoms with Gasteiger partial charge >= 0.3 is 0 Å². The Kier molecular flexibility index (Phi) is 4.05. The van der Waals surface area contributed by atoms with Gasteiger partial charge in [-0.15, -0.1) is 11.3 Å². The zero-order valence-electron chi connectivity index (χ0n) is 10.9. The molecule has 0 unspecified atom stereocenters. The maximum absolute atomic E-state index is 4.36. The first-order valence-electron chi connectivity index (χ1n) is 6.67. The van der Waals surface area contributed by atoms with Gasteiger partial charge in [0, 0.05) is 50.0 Å². The van der Waals surface area contributed by atoms with E-state index >= 15 is 0 Å². The highest BCUT2D eigenvalue weighted by molar-refractivity contribution is 7.09. The molecule has 100 valence electrons. The van der Waals surface area contributed by atoms with Crippen molar-refractivity contribution >= 4 is 17.2 Å². The van der Waals surface area contributed by atoms with Crippen molar-refractivity contribution in [3.05, 3.63) is 41.0 Å². The number of piperazine rings is 1. The molecule has 1 aliphatic rings. The average molecular weight is 274 g/mol. The van der Waals surface area contributed by atoms with E-state index in [2.05, 4.69) is 37.3 Å². The summed E-state index contributed by atoms with van der Waals surface area (Å²) in [7, 11) is 0. The Morgan fingerprint density at radius 1 is 1.16 bits per heavy atom. The lowest BCUT2D eigenvalue weighted by Crippen LogP contribution is -2.47. The van der Waals surface area contributed by atoms with E-state index in [1.807, 2.05) is 17.5 Å². The monoisotopic (exact) mass is 274 g/mol. The smallest absolute Gasteiger partial charge is 0.147 e. The van der Waals surface area contributed by atoms with Crippen molar-refractivity contribution in [2.75, 3.05) is 37.6 Å². The van der Waals surface area contributed by atoms with E-state index < -0.39 is 0 Å². The second kappa shape index (κ2) is 6.12. The molecule has 4 nitrogen and oxygen atoms in total. The first-order chi connectivity index (χ1) is 9.42. The van der Waals surface area contributed by atoms with Gasteiger partial charge in [-0.3, -0.25) is 9.88 Å². The number of hydrogen-bond donors (Lipinski definition) is 0. The third-order valence-corrected chi connectivity index (χ3v) is 4.44. The van der Waals surface area contributed by atoms with E-state index in [-0.39, 0.29) is 0 Å². The van der Waals surface area contributed by atoms with Gasteiger partial charge in [-0.2, -0.15) is 0 Å². The van der Waals surface area contributed by atoms with E-state index in [4.69, 9.17) is 0 Å². The highest BCUT2D eigenvalue weighted by Crippen LogP contribution is 2.13. The first-order valence-corrected chi connectivity index (χ1v) is 7.55. The van der Waals surface area contributed by atoms with Crippen molar-refractivity contribution in [3.63, 3.8) is 0 Å². The van der Waals surface area contributed by atoms with Crippen molar-refractivity contribution in [2.24, 2.45) is 0 Å². The van der Waals surface area contributed by atoms with Crippen molar-refractivity contribution in [3.8, 4) is 0 Å². The zero-order chi connectivity index (χ0) is 12.9. The Morgan fingerprint density at radius 2 is 2.05 bits per heavy atom. The van der Waals surface area contributed by atoms with Crippen molar-refractivity contribution in [1.82, 2.24) is 14.9 Å². The molecule has 1 aliphatic heterocycles. The Bertz CT molecular complexity index is 477. The van der Waals surface area contributed by atoms with Gasteiger partial charge in [-0.25, -0.2) is 4.98 Å². The maximum atomic E-state index is 4.36. The van der Waals surface area contributed by atoms with Gasteiger partial charge in [-0.05, 0) is 17.9 Å². The summed E-state index contributed by atoms with van der Waals surface area (Å²) in [5.74, 6) is 1.00. The Labute approximate surface area is 117 Å². The molecule has 0 amide bonds. The van der Waals surface area contributed by atoms with Crippen LogP contribution < -0.4 is 4.90 Å². The normalized spacial score (nSPS) is 16.7. The lowest BCUT2D eigenvalue weighted by atomic mass is 10.2. The molecule has 0 spiro atoms. The molecule has 2 aromatic heterocycles. The minimum Gasteiger partial charge on any atom is -0.353 e. The molecule has 0 radical (unpaired) electrons. The van der Waals surface area contributed by atoms with Gasteiger partial charge in [0.2, 0.25) is 0 Å². The second-order valence-corrected chi connectivity index (χ2v) is 5.75. The van der Waals surface area contributed by atoms with Crippen molar-refractivity contribution in [2.45, 2.75) is 6.42 Å². The molecular weight excluding hydrogens is 256 g/mol. The first kappa shape index (κ1) is 12.6. The highest BCUT2D eigenvalue weighted by Gasteiger charge is 2.17. The molecular formula is C14H18N4S. The second-order valence-electron chi connectivity index (χ2n) is 4.72. The summed E-state index contributed by atoms with van der Waals surface area (Å²) in [4.78, 5) is 14.8. The number of aromatic nitrogens is 2. The predicted octanol–water partition coefficient (Wildman–Crippen LogP) is 1.90. The number of anilines is 1. The largest absolute Gasteiger partial charge is 0.353 e. The van der Waals surface area contributed by atoms with E-state index in [1.165, 1.54) is 11.3 Å². The summed E-state index contributed by atoms with van der Waals surface area (Å²) in [6.07, 6.45) is 6.50. The maximum Gasteiger partial charge on any atom is 0.147 e. The van der Waals surface area contributed by atoms with Gasteiger partial charge in [0.15, 0.2) is 0 Å². The zero-order valence-corrected chi connectivity index (χ0v) is 11.7. The van der Waals surface area contributed by atoms with Crippen LogP contribution in [0.4, 0.5) is 5.82 Å². The van der Waals surface area contributed by atoms with Gasteiger partial charge < -0.3 is 4.90 Å². The standard InChI is InChI=1S/C14H18N4S/c1-2-13(19-11-1)3-6-17-7-9-18(10-8-17)14-12-15-4-5-16-14/h1-2,4-5,11-12H,3,6-10H2. The lowest BCUT2D eigenvalue weighted by Gasteiger charge is -2.35. The molecule has 0 saturated carbocycles. The van der Waals surface area contributed by atoms with Crippen LogP contribution in [-0.4, -0.2) is 47.6 Å². The van der Waals surface area contributed by atoms with E-state index in [0.717, 1.165) is 38.5 Å². The van der Waals surface area contributed by atoms with Gasteiger partial charge in [0.1, 0.15) is 5.82 Å². The number of rotatable bonds is 4. The predicted molar refractivity (Wildman–Crippen MR) is 78.7 cm³/mol. The van der Waals surface area contributed by atoms with Crippen LogP contribution in [0.5, 0.6) is 0 Å². The SMILES string of the molecule is c1csc(CCN2CCN(c3cnccn3)CC2)c1. The summed E-state index contributed by atoms with van der Waals surface area (Å²) in [6.45, 7) is 5.48. The number of hydrogen-bond acceptors (Lipinski definition) is 5. The van der Waals surface area contributed by atoms with Crippen LogP contribution in [0.25, 0.3) is 0 Å². The minimum atomic E-state index is 1.00. The molecule has 0 atom stereocenters. The Morgan fingerprint density at radius 3 is 2.74 bits per heavy atom. The van der Waals surface area contributed by atoms with Crippen LogP contribution in [0.1, 0.15) is 4.88 Å².